The van der Waals surface area contributed by atoms with Crippen molar-refractivity contribution in [3.63, 3.8) is 0 Å². The Kier molecular flexibility index (Phi) is 2.74. The third-order valence-corrected chi connectivity index (χ3v) is 2.32. The number of nitrogens with zero attached hydrogens (tertiary/aromatic N) is 2. The quantitative estimate of drug-likeness (QED) is 0.801. The summed E-state index contributed by atoms with van der Waals surface area (Å²) in [5, 5.41) is 4.41. The maximum atomic E-state index is 5.97. The van der Waals surface area contributed by atoms with Crippen molar-refractivity contribution in [1.29, 1.82) is 0 Å². The molecule has 0 amide bonds. The molecule has 5 heteroatoms. The molecule has 0 aliphatic rings. The van der Waals surface area contributed by atoms with Gasteiger partial charge in [-0.25, -0.2) is 0 Å². The third-order valence-electron chi connectivity index (χ3n) is 1.72. The molecule has 2 aromatic rings. The molecule has 14 heavy (non-hydrogen) atoms. The molecule has 0 saturated heterocycles. The Bertz CT molecular complexity index is 444. The van der Waals surface area contributed by atoms with Crippen LogP contribution in [0.1, 0.15) is 5.89 Å². The molecule has 3 nitrogen and oxygen atoms in total. The monoisotopic (exact) mass is 226 g/mol. The van der Waals surface area contributed by atoms with E-state index in [2.05, 4.69) is 22.8 Å². The molecule has 0 radical (unpaired) electrons. The summed E-state index contributed by atoms with van der Waals surface area (Å²) in [5.41, 5.74) is 0.769. The van der Waals surface area contributed by atoms with Crippen molar-refractivity contribution in [2.75, 3.05) is 0 Å². The first-order valence-corrected chi connectivity index (χ1v) is 5.00. The van der Waals surface area contributed by atoms with Gasteiger partial charge in [-0.3, -0.25) is 0 Å². The highest BCUT2D eigenvalue weighted by atomic mass is 35.5. The van der Waals surface area contributed by atoms with Crippen molar-refractivity contribution < 1.29 is 4.52 Å². The molecule has 0 aliphatic heterocycles. The van der Waals surface area contributed by atoms with Gasteiger partial charge >= 0.3 is 0 Å². The molecule has 0 atom stereocenters. The van der Waals surface area contributed by atoms with Crippen LogP contribution >= 0.6 is 24.2 Å². The minimum Gasteiger partial charge on any atom is -0.338 e. The fraction of sp³-hybridized carbons (Fsp3) is 0.111. The molecule has 0 unspecified atom stereocenters. The molecule has 1 aromatic carbocycles. The highest BCUT2D eigenvalue weighted by Crippen LogP contribution is 2.24. The van der Waals surface area contributed by atoms with E-state index in [-0.39, 0.29) is 0 Å². The SMILES string of the molecule is SCc1nc(-c2ccccc2Cl)no1. The lowest BCUT2D eigenvalue weighted by Crippen LogP contribution is -1.82. The second-order valence-corrected chi connectivity index (χ2v) is 3.37. The largest absolute Gasteiger partial charge is 0.338 e. The van der Waals surface area contributed by atoms with Gasteiger partial charge in [0.1, 0.15) is 0 Å². The van der Waals surface area contributed by atoms with Crippen molar-refractivity contribution in [2.24, 2.45) is 0 Å². The van der Waals surface area contributed by atoms with Gasteiger partial charge in [0.25, 0.3) is 0 Å². The lowest BCUT2D eigenvalue weighted by atomic mass is 10.2. The lowest BCUT2D eigenvalue weighted by molar-refractivity contribution is 0.392. The summed E-state index contributed by atoms with van der Waals surface area (Å²) in [5.74, 6) is 1.42. The molecule has 0 N–H and O–H groups in total. The smallest absolute Gasteiger partial charge is 0.236 e. The fourth-order valence-corrected chi connectivity index (χ4v) is 1.42. The van der Waals surface area contributed by atoms with Crippen molar-refractivity contribution in [2.45, 2.75) is 5.75 Å². The Balaban J connectivity index is 2.44. The van der Waals surface area contributed by atoms with E-state index in [9.17, 15) is 0 Å². The topological polar surface area (TPSA) is 38.9 Å². The van der Waals surface area contributed by atoms with E-state index in [4.69, 9.17) is 16.1 Å². The van der Waals surface area contributed by atoms with E-state index in [1.165, 1.54) is 0 Å². The molecule has 1 aromatic heterocycles. The molecule has 72 valence electrons. The standard InChI is InChI=1S/C9H7ClN2OS/c10-7-4-2-1-3-6(7)9-11-8(5-14)13-12-9/h1-4,14H,5H2. The summed E-state index contributed by atoms with van der Waals surface area (Å²) in [4.78, 5) is 4.12. The van der Waals surface area contributed by atoms with Crippen LogP contribution in [0.25, 0.3) is 11.4 Å². The Morgan fingerprint density at radius 2 is 2.14 bits per heavy atom. The molecular formula is C9H7ClN2OS. The summed E-state index contributed by atoms with van der Waals surface area (Å²) < 4.78 is 4.93. The summed E-state index contributed by atoms with van der Waals surface area (Å²) in [7, 11) is 0. The first-order valence-electron chi connectivity index (χ1n) is 3.99. The molecule has 0 aliphatic carbocycles. The second-order valence-electron chi connectivity index (χ2n) is 2.65. The van der Waals surface area contributed by atoms with Crippen LogP contribution < -0.4 is 0 Å². The second kappa shape index (κ2) is 4.02. The normalized spacial score (nSPS) is 10.4. The maximum Gasteiger partial charge on any atom is 0.236 e. The Hall–Kier alpha value is -1.00. The summed E-state index contributed by atoms with van der Waals surface area (Å²) >= 11 is 10.0. The fourth-order valence-electron chi connectivity index (χ4n) is 1.07. The minimum atomic E-state index is 0.428. The van der Waals surface area contributed by atoms with Gasteiger partial charge in [0.05, 0.1) is 10.8 Å². The van der Waals surface area contributed by atoms with Crippen LogP contribution in [0.2, 0.25) is 5.02 Å². The van der Waals surface area contributed by atoms with E-state index < -0.39 is 0 Å². The van der Waals surface area contributed by atoms with Crippen LogP contribution in [0.15, 0.2) is 28.8 Å². The molecule has 1 heterocycles. The van der Waals surface area contributed by atoms with Gasteiger partial charge in [-0.15, -0.1) is 0 Å². The van der Waals surface area contributed by atoms with Crippen molar-refractivity contribution in [3.8, 4) is 11.4 Å². The van der Waals surface area contributed by atoms with E-state index >= 15 is 0 Å². The van der Waals surface area contributed by atoms with Gasteiger partial charge in [-0.1, -0.05) is 28.9 Å². The van der Waals surface area contributed by atoms with Gasteiger partial charge in [-0.2, -0.15) is 17.6 Å². The van der Waals surface area contributed by atoms with Crippen LogP contribution in [-0.2, 0) is 5.75 Å². The predicted octanol–water partition coefficient (Wildman–Crippen LogP) is 2.82. The van der Waals surface area contributed by atoms with Gasteiger partial charge in [-0.05, 0) is 12.1 Å². The number of aromatic nitrogens is 2. The average molecular weight is 227 g/mol. The highest BCUT2D eigenvalue weighted by molar-refractivity contribution is 7.79. The van der Waals surface area contributed by atoms with Gasteiger partial charge in [0, 0.05) is 5.56 Å². The van der Waals surface area contributed by atoms with E-state index in [1.54, 1.807) is 6.07 Å². The first kappa shape index (κ1) is 9.55. The van der Waals surface area contributed by atoms with Crippen molar-refractivity contribution in [1.82, 2.24) is 10.1 Å². The zero-order chi connectivity index (χ0) is 9.97. The van der Waals surface area contributed by atoms with Gasteiger partial charge in [0.2, 0.25) is 11.7 Å². The van der Waals surface area contributed by atoms with Crippen LogP contribution in [0, 0.1) is 0 Å². The molecular weight excluding hydrogens is 220 g/mol. The number of halogens is 1. The average Bonchev–Trinajstić information content (AvgIpc) is 2.67. The number of benzene rings is 1. The summed E-state index contributed by atoms with van der Waals surface area (Å²) in [6.07, 6.45) is 0. The molecule has 0 spiro atoms. The van der Waals surface area contributed by atoms with Gasteiger partial charge in [0.15, 0.2) is 0 Å². The van der Waals surface area contributed by atoms with E-state index in [0.29, 0.717) is 22.5 Å². The molecule has 0 bridgehead atoms. The zero-order valence-electron chi connectivity index (χ0n) is 7.14. The van der Waals surface area contributed by atoms with Gasteiger partial charge < -0.3 is 4.52 Å². The maximum absolute atomic E-state index is 5.97. The Morgan fingerprint density at radius 1 is 1.36 bits per heavy atom. The minimum absolute atomic E-state index is 0.428. The summed E-state index contributed by atoms with van der Waals surface area (Å²) in [6.45, 7) is 0. The first-order chi connectivity index (χ1) is 6.81. The number of rotatable bonds is 2. The predicted molar refractivity (Wildman–Crippen MR) is 57.4 cm³/mol. The number of thiol groups is 1. The number of hydrogen-bond donors (Lipinski definition) is 1. The zero-order valence-corrected chi connectivity index (χ0v) is 8.79. The van der Waals surface area contributed by atoms with E-state index in [1.807, 2.05) is 18.2 Å². The van der Waals surface area contributed by atoms with Crippen LogP contribution in [0.3, 0.4) is 0 Å². The highest BCUT2D eigenvalue weighted by Gasteiger charge is 2.09. The number of hydrogen-bond acceptors (Lipinski definition) is 4. The summed E-state index contributed by atoms with van der Waals surface area (Å²) in [6, 6.07) is 7.35. The third kappa shape index (κ3) is 1.76. The van der Waals surface area contributed by atoms with Crippen molar-refractivity contribution in [3.05, 3.63) is 35.2 Å². The van der Waals surface area contributed by atoms with Crippen LogP contribution in [-0.4, -0.2) is 10.1 Å². The Morgan fingerprint density at radius 3 is 2.79 bits per heavy atom. The van der Waals surface area contributed by atoms with Crippen LogP contribution in [0.4, 0.5) is 0 Å². The molecule has 0 saturated carbocycles. The molecule has 0 fully saturated rings. The Labute approximate surface area is 91.5 Å². The van der Waals surface area contributed by atoms with Crippen LogP contribution in [0.5, 0.6) is 0 Å². The van der Waals surface area contributed by atoms with E-state index in [0.717, 1.165) is 5.56 Å². The molecule has 2 rings (SSSR count). The lowest BCUT2D eigenvalue weighted by Gasteiger charge is -1.95. The van der Waals surface area contributed by atoms with Crippen molar-refractivity contribution >= 4 is 24.2 Å².